The van der Waals surface area contributed by atoms with Gasteiger partial charge in [-0.05, 0) is 38.8 Å². The summed E-state index contributed by atoms with van der Waals surface area (Å²) in [5, 5.41) is 13.5. The molecule has 0 amide bonds. The SMILES string of the molecule is CC(C)Oc1cccnc1NC1CCCCCC1O. The molecule has 1 aromatic rings. The quantitative estimate of drug-likeness (QED) is 0.821. The first-order valence-electron chi connectivity index (χ1n) is 7.23. The smallest absolute Gasteiger partial charge is 0.169 e. The predicted octanol–water partition coefficient (Wildman–Crippen LogP) is 2.97. The van der Waals surface area contributed by atoms with Crippen LogP contribution in [0.3, 0.4) is 0 Å². The Morgan fingerprint density at radius 2 is 2.11 bits per heavy atom. The highest BCUT2D eigenvalue weighted by atomic mass is 16.5. The van der Waals surface area contributed by atoms with E-state index in [1.54, 1.807) is 6.20 Å². The van der Waals surface area contributed by atoms with Gasteiger partial charge in [-0.1, -0.05) is 19.3 Å². The van der Waals surface area contributed by atoms with Crippen LogP contribution in [-0.2, 0) is 0 Å². The maximum atomic E-state index is 10.2. The van der Waals surface area contributed by atoms with Crippen molar-refractivity contribution in [2.45, 2.75) is 64.2 Å². The van der Waals surface area contributed by atoms with E-state index in [2.05, 4.69) is 10.3 Å². The molecule has 0 aliphatic heterocycles. The molecule has 2 unspecified atom stereocenters. The number of hydrogen-bond acceptors (Lipinski definition) is 4. The average molecular weight is 264 g/mol. The molecule has 0 radical (unpaired) electrons. The molecule has 0 saturated heterocycles. The molecule has 4 nitrogen and oxygen atoms in total. The van der Waals surface area contributed by atoms with Crippen molar-refractivity contribution < 1.29 is 9.84 Å². The highest BCUT2D eigenvalue weighted by molar-refractivity contribution is 5.50. The van der Waals surface area contributed by atoms with Crippen LogP contribution in [0, 0.1) is 0 Å². The largest absolute Gasteiger partial charge is 0.487 e. The van der Waals surface area contributed by atoms with Crippen LogP contribution in [0.1, 0.15) is 46.0 Å². The Morgan fingerprint density at radius 1 is 1.32 bits per heavy atom. The fraction of sp³-hybridized carbons (Fsp3) is 0.667. The summed E-state index contributed by atoms with van der Waals surface area (Å²) in [4.78, 5) is 4.34. The summed E-state index contributed by atoms with van der Waals surface area (Å²) in [5.41, 5.74) is 0. The summed E-state index contributed by atoms with van der Waals surface area (Å²) in [7, 11) is 0. The van der Waals surface area contributed by atoms with Crippen LogP contribution in [-0.4, -0.2) is 28.3 Å². The Labute approximate surface area is 115 Å². The van der Waals surface area contributed by atoms with Crippen LogP contribution in [0.5, 0.6) is 5.75 Å². The molecule has 19 heavy (non-hydrogen) atoms. The zero-order valence-corrected chi connectivity index (χ0v) is 11.8. The minimum atomic E-state index is -0.295. The highest BCUT2D eigenvalue weighted by Gasteiger charge is 2.22. The summed E-state index contributed by atoms with van der Waals surface area (Å²) in [6.07, 6.45) is 6.88. The average Bonchev–Trinajstić information content (AvgIpc) is 2.57. The lowest BCUT2D eigenvalue weighted by Crippen LogP contribution is -2.33. The van der Waals surface area contributed by atoms with Crippen LogP contribution in [0.4, 0.5) is 5.82 Å². The number of ether oxygens (including phenoxy) is 1. The maximum Gasteiger partial charge on any atom is 0.169 e. The van der Waals surface area contributed by atoms with Gasteiger partial charge in [0, 0.05) is 6.20 Å². The second-order valence-corrected chi connectivity index (χ2v) is 5.47. The van der Waals surface area contributed by atoms with Crippen molar-refractivity contribution >= 4 is 5.82 Å². The van der Waals surface area contributed by atoms with E-state index in [9.17, 15) is 5.11 Å². The molecule has 0 spiro atoms. The number of aliphatic hydroxyl groups excluding tert-OH is 1. The van der Waals surface area contributed by atoms with Gasteiger partial charge in [0.1, 0.15) is 0 Å². The third kappa shape index (κ3) is 4.10. The van der Waals surface area contributed by atoms with Crippen molar-refractivity contribution in [2.24, 2.45) is 0 Å². The first-order valence-corrected chi connectivity index (χ1v) is 7.23. The van der Waals surface area contributed by atoms with Gasteiger partial charge >= 0.3 is 0 Å². The summed E-state index contributed by atoms with van der Waals surface area (Å²) >= 11 is 0. The molecule has 4 heteroatoms. The van der Waals surface area contributed by atoms with E-state index < -0.39 is 0 Å². The van der Waals surface area contributed by atoms with E-state index >= 15 is 0 Å². The minimum absolute atomic E-state index is 0.0758. The van der Waals surface area contributed by atoms with Gasteiger partial charge in [0.25, 0.3) is 0 Å². The third-order valence-electron chi connectivity index (χ3n) is 3.43. The van der Waals surface area contributed by atoms with Crippen LogP contribution in [0.2, 0.25) is 0 Å². The molecule has 2 atom stereocenters. The molecule has 1 heterocycles. The monoisotopic (exact) mass is 264 g/mol. The lowest BCUT2D eigenvalue weighted by molar-refractivity contribution is 0.144. The zero-order valence-electron chi connectivity index (χ0n) is 11.8. The third-order valence-corrected chi connectivity index (χ3v) is 3.43. The lowest BCUT2D eigenvalue weighted by Gasteiger charge is -2.24. The number of rotatable bonds is 4. The summed E-state index contributed by atoms with van der Waals surface area (Å²) < 4.78 is 5.75. The number of hydrogen-bond donors (Lipinski definition) is 2. The van der Waals surface area contributed by atoms with Crippen molar-refractivity contribution in [2.75, 3.05) is 5.32 Å². The Kier molecular flexibility index (Phi) is 5.02. The van der Waals surface area contributed by atoms with Gasteiger partial charge < -0.3 is 15.2 Å². The van der Waals surface area contributed by atoms with Gasteiger partial charge in [-0.15, -0.1) is 0 Å². The van der Waals surface area contributed by atoms with E-state index in [0.717, 1.165) is 37.3 Å². The Balaban J connectivity index is 2.08. The Bertz CT molecular complexity index is 395. The van der Waals surface area contributed by atoms with Gasteiger partial charge in [-0.3, -0.25) is 0 Å². The number of aliphatic hydroxyl groups is 1. The molecule has 106 valence electrons. The van der Waals surface area contributed by atoms with Gasteiger partial charge in [-0.2, -0.15) is 0 Å². The van der Waals surface area contributed by atoms with Crippen molar-refractivity contribution in [3.05, 3.63) is 18.3 Å². The molecule has 0 bridgehead atoms. The number of aromatic nitrogens is 1. The standard InChI is InChI=1S/C15H24N2O2/c1-11(2)19-14-9-6-10-16-15(14)17-12-7-4-3-5-8-13(12)18/h6,9-13,18H,3-5,7-8H2,1-2H3,(H,16,17). The highest BCUT2D eigenvalue weighted by Crippen LogP contribution is 2.26. The maximum absolute atomic E-state index is 10.2. The summed E-state index contributed by atoms with van der Waals surface area (Å²) in [6, 6.07) is 3.86. The van der Waals surface area contributed by atoms with Crippen LogP contribution >= 0.6 is 0 Å². The van der Waals surface area contributed by atoms with Crippen molar-refractivity contribution in [3.8, 4) is 5.75 Å². The fourth-order valence-electron chi connectivity index (χ4n) is 2.48. The van der Waals surface area contributed by atoms with Gasteiger partial charge in [-0.25, -0.2) is 4.98 Å². The van der Waals surface area contributed by atoms with Crippen LogP contribution in [0.25, 0.3) is 0 Å². The fourth-order valence-corrected chi connectivity index (χ4v) is 2.48. The zero-order chi connectivity index (χ0) is 13.7. The molecule has 1 saturated carbocycles. The second kappa shape index (κ2) is 6.75. The molecular weight excluding hydrogens is 240 g/mol. The summed E-state index contributed by atoms with van der Waals surface area (Å²) in [5.74, 6) is 1.50. The second-order valence-electron chi connectivity index (χ2n) is 5.47. The Morgan fingerprint density at radius 3 is 2.89 bits per heavy atom. The topological polar surface area (TPSA) is 54.4 Å². The van der Waals surface area contributed by atoms with Crippen molar-refractivity contribution in [1.29, 1.82) is 0 Å². The predicted molar refractivity (Wildman–Crippen MR) is 76.5 cm³/mol. The molecule has 1 aromatic heterocycles. The van der Waals surface area contributed by atoms with Gasteiger partial charge in [0.2, 0.25) is 0 Å². The first kappa shape index (κ1) is 14.1. The van der Waals surface area contributed by atoms with Crippen LogP contribution in [0.15, 0.2) is 18.3 Å². The Hall–Kier alpha value is -1.29. The number of nitrogens with one attached hydrogen (secondary N) is 1. The number of nitrogens with zero attached hydrogens (tertiary/aromatic N) is 1. The first-order chi connectivity index (χ1) is 9.16. The van der Waals surface area contributed by atoms with E-state index in [4.69, 9.17) is 4.74 Å². The molecule has 2 N–H and O–H groups in total. The molecule has 1 fully saturated rings. The normalized spacial score (nSPS) is 24.0. The van der Waals surface area contributed by atoms with Crippen molar-refractivity contribution in [3.63, 3.8) is 0 Å². The van der Waals surface area contributed by atoms with Crippen LogP contribution < -0.4 is 10.1 Å². The molecule has 2 rings (SSSR count). The van der Waals surface area contributed by atoms with Gasteiger partial charge in [0.15, 0.2) is 11.6 Å². The molecule has 0 aromatic carbocycles. The molecule has 1 aliphatic carbocycles. The number of pyridine rings is 1. The van der Waals surface area contributed by atoms with E-state index in [0.29, 0.717) is 0 Å². The van der Waals surface area contributed by atoms with E-state index in [-0.39, 0.29) is 18.2 Å². The van der Waals surface area contributed by atoms with Crippen molar-refractivity contribution in [1.82, 2.24) is 4.98 Å². The summed E-state index contributed by atoms with van der Waals surface area (Å²) in [6.45, 7) is 3.99. The van der Waals surface area contributed by atoms with Gasteiger partial charge in [0.05, 0.1) is 18.2 Å². The van der Waals surface area contributed by atoms with E-state index in [1.807, 2.05) is 26.0 Å². The molecular formula is C15H24N2O2. The van der Waals surface area contributed by atoms with E-state index in [1.165, 1.54) is 6.42 Å². The lowest BCUT2D eigenvalue weighted by atomic mass is 10.1. The molecule has 1 aliphatic rings. The minimum Gasteiger partial charge on any atom is -0.487 e. The number of anilines is 1.